The van der Waals surface area contributed by atoms with Gasteiger partial charge in [-0.2, -0.15) is 0 Å². The van der Waals surface area contributed by atoms with Crippen LogP contribution in [-0.4, -0.2) is 37.0 Å². The number of hydrogen-bond acceptors (Lipinski definition) is 8. The number of nitrogens with zero attached hydrogens (tertiary/aromatic N) is 1. The Hall–Kier alpha value is -4.54. The summed E-state index contributed by atoms with van der Waals surface area (Å²) in [6.07, 6.45) is 0.983. The SMILES string of the molecule is COc1ccc2cc(CCC(O)CC(Nc3ccc(S(=O)(=O)Nc4cc(C)on4)cc3)c3cccc(O)c3)ccc2c1. The van der Waals surface area contributed by atoms with Crippen molar-refractivity contribution in [2.75, 3.05) is 17.1 Å². The molecule has 0 aliphatic heterocycles. The van der Waals surface area contributed by atoms with Crippen molar-refractivity contribution in [2.24, 2.45) is 0 Å². The Kier molecular flexibility index (Phi) is 8.65. The fourth-order valence-electron chi connectivity index (χ4n) is 4.84. The van der Waals surface area contributed by atoms with Gasteiger partial charge in [0.05, 0.1) is 24.2 Å². The number of benzene rings is 4. The van der Waals surface area contributed by atoms with Gasteiger partial charge in [0, 0.05) is 11.8 Å². The highest BCUT2D eigenvalue weighted by Gasteiger charge is 2.20. The number of nitrogens with one attached hydrogen (secondary N) is 2. The van der Waals surface area contributed by atoms with E-state index in [-0.39, 0.29) is 22.5 Å². The first kappa shape index (κ1) is 29.0. The molecular formula is C32H33N3O6S. The Bertz CT molecular complexity index is 1770. The molecule has 5 rings (SSSR count). The van der Waals surface area contributed by atoms with Crippen LogP contribution >= 0.6 is 0 Å². The van der Waals surface area contributed by atoms with Crippen molar-refractivity contribution >= 4 is 32.3 Å². The topological polar surface area (TPSA) is 134 Å². The van der Waals surface area contributed by atoms with Gasteiger partial charge in [-0.1, -0.05) is 41.6 Å². The summed E-state index contributed by atoms with van der Waals surface area (Å²) in [6.45, 7) is 1.67. The van der Waals surface area contributed by atoms with Crippen molar-refractivity contribution in [2.45, 2.75) is 43.2 Å². The Balaban J connectivity index is 1.27. The van der Waals surface area contributed by atoms with Crippen LogP contribution in [0.1, 0.15) is 35.8 Å². The Labute approximate surface area is 244 Å². The summed E-state index contributed by atoms with van der Waals surface area (Å²) in [6, 6.07) is 26.5. The largest absolute Gasteiger partial charge is 0.508 e. The van der Waals surface area contributed by atoms with Crippen LogP contribution in [0.25, 0.3) is 10.8 Å². The average molecular weight is 588 g/mol. The second-order valence-electron chi connectivity index (χ2n) is 10.2. The minimum absolute atomic E-state index is 0.0662. The van der Waals surface area contributed by atoms with E-state index < -0.39 is 16.1 Å². The molecule has 0 amide bonds. The first-order valence-electron chi connectivity index (χ1n) is 13.5. The van der Waals surface area contributed by atoms with E-state index in [0.717, 1.165) is 27.6 Å². The van der Waals surface area contributed by atoms with Gasteiger partial charge < -0.3 is 24.8 Å². The zero-order chi connectivity index (χ0) is 29.7. The molecular weight excluding hydrogens is 554 g/mol. The highest BCUT2D eigenvalue weighted by atomic mass is 32.2. The van der Waals surface area contributed by atoms with Crippen LogP contribution in [0.5, 0.6) is 11.5 Å². The van der Waals surface area contributed by atoms with Crippen molar-refractivity contribution in [1.29, 1.82) is 0 Å². The van der Waals surface area contributed by atoms with Crippen molar-refractivity contribution in [3.8, 4) is 11.5 Å². The van der Waals surface area contributed by atoms with Crippen LogP contribution in [0.15, 0.2) is 100 Å². The second kappa shape index (κ2) is 12.5. The number of rotatable bonds is 12. The van der Waals surface area contributed by atoms with Crippen molar-refractivity contribution in [3.05, 3.63) is 108 Å². The highest BCUT2D eigenvalue weighted by Crippen LogP contribution is 2.29. The second-order valence-corrected chi connectivity index (χ2v) is 11.9. The van der Waals surface area contributed by atoms with Crippen molar-refractivity contribution in [3.63, 3.8) is 0 Å². The number of anilines is 2. The van der Waals surface area contributed by atoms with Gasteiger partial charge in [0.15, 0.2) is 5.82 Å². The summed E-state index contributed by atoms with van der Waals surface area (Å²) in [4.78, 5) is 0.0662. The summed E-state index contributed by atoms with van der Waals surface area (Å²) in [7, 11) is -2.20. The Morgan fingerprint density at radius 2 is 1.71 bits per heavy atom. The van der Waals surface area contributed by atoms with Gasteiger partial charge in [0.2, 0.25) is 0 Å². The molecule has 0 saturated carbocycles. The fourth-order valence-corrected chi connectivity index (χ4v) is 5.83. The number of aromatic nitrogens is 1. The van der Waals surface area contributed by atoms with E-state index in [0.29, 0.717) is 30.7 Å². The third-order valence-electron chi connectivity index (χ3n) is 7.03. The lowest BCUT2D eigenvalue weighted by molar-refractivity contribution is 0.148. The molecule has 42 heavy (non-hydrogen) atoms. The standard InChI is InChI=1S/C32H33N3O6S/c1-21-16-32(34-41-21)35-42(38,39)30-14-10-26(11-15-30)33-31(25-4-3-5-27(36)18-25)20-28(37)12-7-22-6-8-24-19-29(40-2)13-9-23(24)17-22/h3-6,8-11,13-19,28,31,33,36-37H,7,12,20H2,1-2H3,(H,34,35). The molecule has 0 fully saturated rings. The van der Waals surface area contributed by atoms with Crippen LogP contribution < -0.4 is 14.8 Å². The lowest BCUT2D eigenvalue weighted by Crippen LogP contribution is -2.19. The number of fused-ring (bicyclic) bond motifs is 1. The van der Waals surface area contributed by atoms with E-state index in [2.05, 4.69) is 33.4 Å². The monoisotopic (exact) mass is 587 g/mol. The number of phenolic OH excluding ortho intramolecular Hbond substituents is 1. The number of phenols is 1. The lowest BCUT2D eigenvalue weighted by atomic mass is 9.96. The zero-order valence-electron chi connectivity index (χ0n) is 23.3. The molecule has 4 aromatic carbocycles. The molecule has 0 aliphatic carbocycles. The Morgan fingerprint density at radius 1 is 0.952 bits per heavy atom. The molecule has 2 unspecified atom stereocenters. The normalized spacial score (nSPS) is 13.0. The van der Waals surface area contributed by atoms with Gasteiger partial charge in [-0.3, -0.25) is 4.72 Å². The third kappa shape index (κ3) is 7.20. The Morgan fingerprint density at radius 3 is 2.43 bits per heavy atom. The van der Waals surface area contributed by atoms with Crippen LogP contribution in [0, 0.1) is 6.92 Å². The maximum absolute atomic E-state index is 12.8. The van der Waals surface area contributed by atoms with Crippen molar-refractivity contribution in [1.82, 2.24) is 5.16 Å². The van der Waals surface area contributed by atoms with Crippen LogP contribution in [0.2, 0.25) is 0 Å². The van der Waals surface area contributed by atoms with E-state index in [4.69, 9.17) is 9.26 Å². The molecule has 4 N–H and O–H groups in total. The van der Waals surface area contributed by atoms with E-state index in [9.17, 15) is 18.6 Å². The molecule has 218 valence electrons. The van der Waals surface area contributed by atoms with Crippen LogP contribution in [-0.2, 0) is 16.4 Å². The maximum Gasteiger partial charge on any atom is 0.263 e. The van der Waals surface area contributed by atoms with E-state index in [1.165, 1.54) is 18.2 Å². The number of aliphatic hydroxyl groups is 1. The first-order valence-corrected chi connectivity index (χ1v) is 15.0. The molecule has 9 nitrogen and oxygen atoms in total. The van der Waals surface area contributed by atoms with Gasteiger partial charge in [0.25, 0.3) is 10.0 Å². The molecule has 2 atom stereocenters. The highest BCUT2D eigenvalue weighted by molar-refractivity contribution is 7.92. The van der Waals surface area contributed by atoms with E-state index in [1.807, 2.05) is 24.3 Å². The third-order valence-corrected chi connectivity index (χ3v) is 8.40. The molecule has 1 heterocycles. The summed E-state index contributed by atoms with van der Waals surface area (Å²) in [5.41, 5.74) is 2.59. The van der Waals surface area contributed by atoms with Crippen LogP contribution in [0.4, 0.5) is 11.5 Å². The summed E-state index contributed by atoms with van der Waals surface area (Å²) < 4.78 is 38.2. The predicted molar refractivity (Wildman–Crippen MR) is 162 cm³/mol. The summed E-state index contributed by atoms with van der Waals surface area (Å²) in [5.74, 6) is 1.53. The minimum Gasteiger partial charge on any atom is -0.508 e. The summed E-state index contributed by atoms with van der Waals surface area (Å²) in [5, 5.41) is 30.4. The molecule has 0 radical (unpaired) electrons. The van der Waals surface area contributed by atoms with Gasteiger partial charge in [0.1, 0.15) is 17.3 Å². The van der Waals surface area contributed by atoms with Gasteiger partial charge in [-0.25, -0.2) is 8.42 Å². The average Bonchev–Trinajstić information content (AvgIpc) is 3.39. The number of ether oxygens (including phenoxy) is 1. The molecule has 0 saturated heterocycles. The van der Waals surface area contributed by atoms with E-state index >= 15 is 0 Å². The molecule has 10 heteroatoms. The van der Waals surface area contributed by atoms with Gasteiger partial charge >= 0.3 is 0 Å². The van der Waals surface area contributed by atoms with Gasteiger partial charge in [-0.15, -0.1) is 0 Å². The smallest absolute Gasteiger partial charge is 0.263 e. The molecule has 0 aliphatic rings. The molecule has 0 bridgehead atoms. The number of hydrogen-bond donors (Lipinski definition) is 4. The molecule has 0 spiro atoms. The van der Waals surface area contributed by atoms with Gasteiger partial charge in [-0.05, 0) is 96.6 Å². The fraction of sp³-hybridized carbons (Fsp3) is 0.219. The number of aromatic hydroxyl groups is 1. The quantitative estimate of drug-likeness (QED) is 0.136. The van der Waals surface area contributed by atoms with Crippen molar-refractivity contribution < 1.29 is 27.9 Å². The molecule has 1 aromatic heterocycles. The number of aryl methyl sites for hydroxylation is 2. The zero-order valence-corrected chi connectivity index (χ0v) is 24.1. The lowest BCUT2D eigenvalue weighted by Gasteiger charge is -2.24. The predicted octanol–water partition coefficient (Wildman–Crippen LogP) is 6.19. The number of aliphatic hydroxyl groups excluding tert-OH is 1. The minimum atomic E-state index is -3.85. The first-order chi connectivity index (χ1) is 20.2. The number of sulfonamides is 1. The molecule has 5 aromatic rings. The van der Waals surface area contributed by atoms with Crippen LogP contribution in [0.3, 0.4) is 0 Å². The maximum atomic E-state index is 12.8. The summed E-state index contributed by atoms with van der Waals surface area (Å²) >= 11 is 0. The number of methoxy groups -OCH3 is 1. The van der Waals surface area contributed by atoms with E-state index in [1.54, 1.807) is 44.4 Å².